The van der Waals surface area contributed by atoms with E-state index in [1.807, 2.05) is 54.7 Å². The molecule has 63 heavy (non-hydrogen) atoms. The molecule has 0 aliphatic rings. The number of hydrogen-bond acceptors (Lipinski definition) is 6. The van der Waals surface area contributed by atoms with Crippen LogP contribution in [0.15, 0.2) is 109 Å². The molecule has 0 aromatic carbocycles. The Morgan fingerprint density at radius 1 is 0.333 bits per heavy atom. The molecule has 0 aliphatic heterocycles. The van der Waals surface area contributed by atoms with Crippen LogP contribution in [0.2, 0.25) is 0 Å². The van der Waals surface area contributed by atoms with Crippen LogP contribution in [0.5, 0.6) is 0 Å². The molecular weight excluding hydrogens is 781 g/mol. The van der Waals surface area contributed by atoms with Crippen LogP contribution in [0.25, 0.3) is 0 Å². The van der Waals surface area contributed by atoms with E-state index in [1.165, 1.54) is 77.0 Å². The molecule has 0 aliphatic carbocycles. The van der Waals surface area contributed by atoms with Crippen molar-refractivity contribution < 1.29 is 28.6 Å². The average Bonchev–Trinajstić information content (AvgIpc) is 3.28. The quantitative estimate of drug-likeness (QED) is 0.0199. The van der Waals surface area contributed by atoms with Crippen LogP contribution in [0.4, 0.5) is 0 Å². The van der Waals surface area contributed by atoms with Crippen molar-refractivity contribution in [1.82, 2.24) is 0 Å². The molecule has 0 rings (SSSR count). The molecular formula is C57H92O6. The van der Waals surface area contributed by atoms with Crippen molar-refractivity contribution in [2.24, 2.45) is 0 Å². The highest BCUT2D eigenvalue weighted by Crippen LogP contribution is 2.13. The molecule has 0 fully saturated rings. The molecule has 0 spiro atoms. The lowest BCUT2D eigenvalue weighted by Crippen LogP contribution is -2.30. The minimum absolute atomic E-state index is 0.119. The predicted octanol–water partition coefficient (Wildman–Crippen LogP) is 16.8. The molecule has 1 unspecified atom stereocenters. The lowest BCUT2D eigenvalue weighted by molar-refractivity contribution is -0.167. The first-order valence-corrected chi connectivity index (χ1v) is 25.5. The van der Waals surface area contributed by atoms with E-state index in [9.17, 15) is 14.4 Å². The monoisotopic (exact) mass is 873 g/mol. The molecule has 1 atom stereocenters. The van der Waals surface area contributed by atoms with E-state index in [0.717, 1.165) is 89.9 Å². The van der Waals surface area contributed by atoms with Crippen molar-refractivity contribution >= 4 is 17.9 Å². The fourth-order valence-corrected chi connectivity index (χ4v) is 6.58. The van der Waals surface area contributed by atoms with E-state index in [-0.39, 0.29) is 44.0 Å². The lowest BCUT2D eigenvalue weighted by Gasteiger charge is -2.18. The zero-order valence-corrected chi connectivity index (χ0v) is 40.5. The average molecular weight is 873 g/mol. The topological polar surface area (TPSA) is 78.9 Å². The molecule has 0 aromatic heterocycles. The first kappa shape index (κ1) is 59.1. The van der Waals surface area contributed by atoms with Crippen LogP contribution in [-0.2, 0) is 28.6 Å². The van der Waals surface area contributed by atoms with Crippen LogP contribution in [-0.4, -0.2) is 37.2 Å². The third-order valence-corrected chi connectivity index (χ3v) is 10.4. The first-order chi connectivity index (χ1) is 31.0. The van der Waals surface area contributed by atoms with Crippen molar-refractivity contribution in [2.75, 3.05) is 13.2 Å². The van der Waals surface area contributed by atoms with Gasteiger partial charge in [0.05, 0.1) is 0 Å². The number of allylic oxidation sites excluding steroid dienone is 18. The summed E-state index contributed by atoms with van der Waals surface area (Å²) in [5.74, 6) is -1.04. The number of hydrogen-bond donors (Lipinski definition) is 0. The van der Waals surface area contributed by atoms with Gasteiger partial charge in [-0.1, -0.05) is 220 Å². The van der Waals surface area contributed by atoms with Crippen LogP contribution in [0, 0.1) is 0 Å². The van der Waals surface area contributed by atoms with Gasteiger partial charge in [-0.15, -0.1) is 0 Å². The standard InChI is InChI=1S/C57H92O6/c1-4-7-10-13-16-19-22-25-27-28-29-30-33-35-38-41-44-47-50-56(59)62-53-54(52-61-55(58)49-46-43-40-37-34-31-24-21-18-15-12-9-6-3)63-57(60)51-48-45-42-39-36-32-26-23-20-17-14-11-8-5-2/h9,12,15,18,21-22,24-25,27-32,34,36-37,40,54H,4-8,10-11,13-14,16-17,19-20,23,26,33,35,38-39,41-53H2,1-3H3/b12-9-,18-15-,24-21-,25-22-,28-27-,30-29-,34-31-,36-32-,40-37-. The van der Waals surface area contributed by atoms with E-state index in [2.05, 4.69) is 75.5 Å². The Morgan fingerprint density at radius 2 is 0.651 bits per heavy atom. The summed E-state index contributed by atoms with van der Waals surface area (Å²) < 4.78 is 16.7. The molecule has 356 valence electrons. The minimum atomic E-state index is -0.824. The SMILES string of the molecule is CC\C=C/C=C\C=C/C=C\C=C/CCCC(=O)OCC(COC(=O)CCCCCCC\C=C/C=C\C=C/CCCCCCC)OC(=O)CCCCC/C=C\CCCCCCCCC. The summed E-state index contributed by atoms with van der Waals surface area (Å²) in [6.07, 6.45) is 67.9. The molecule has 6 heteroatoms. The van der Waals surface area contributed by atoms with E-state index in [4.69, 9.17) is 14.2 Å². The van der Waals surface area contributed by atoms with Gasteiger partial charge in [-0.25, -0.2) is 0 Å². The maximum atomic E-state index is 12.8. The maximum Gasteiger partial charge on any atom is 0.306 e. The van der Waals surface area contributed by atoms with Gasteiger partial charge in [0, 0.05) is 19.3 Å². The van der Waals surface area contributed by atoms with E-state index in [1.54, 1.807) is 0 Å². The Kier molecular flexibility index (Phi) is 47.5. The molecule has 0 saturated heterocycles. The first-order valence-electron chi connectivity index (χ1n) is 25.5. The summed E-state index contributed by atoms with van der Waals surface area (Å²) in [6.45, 7) is 6.36. The van der Waals surface area contributed by atoms with Crippen molar-refractivity contribution in [3.8, 4) is 0 Å². The number of esters is 3. The summed E-state index contributed by atoms with van der Waals surface area (Å²) in [6, 6.07) is 0. The second-order valence-corrected chi connectivity index (χ2v) is 16.5. The van der Waals surface area contributed by atoms with Crippen molar-refractivity contribution in [2.45, 2.75) is 219 Å². The largest absolute Gasteiger partial charge is 0.462 e. The third kappa shape index (κ3) is 49.0. The van der Waals surface area contributed by atoms with Gasteiger partial charge in [-0.05, 0) is 83.5 Å². The van der Waals surface area contributed by atoms with Crippen molar-refractivity contribution in [3.63, 3.8) is 0 Å². The van der Waals surface area contributed by atoms with Crippen LogP contribution < -0.4 is 0 Å². The van der Waals surface area contributed by atoms with Gasteiger partial charge >= 0.3 is 17.9 Å². The number of carbonyl (C=O) groups is 3. The van der Waals surface area contributed by atoms with Crippen LogP contribution in [0.1, 0.15) is 213 Å². The molecule has 0 saturated carbocycles. The summed E-state index contributed by atoms with van der Waals surface area (Å²) in [5.41, 5.74) is 0. The molecule has 0 N–H and O–H groups in total. The highest BCUT2D eigenvalue weighted by molar-refractivity contribution is 5.71. The Balaban J connectivity index is 4.54. The van der Waals surface area contributed by atoms with Gasteiger partial charge in [-0.3, -0.25) is 14.4 Å². The smallest absolute Gasteiger partial charge is 0.306 e. The number of carbonyl (C=O) groups excluding carboxylic acids is 3. The van der Waals surface area contributed by atoms with E-state index >= 15 is 0 Å². The fraction of sp³-hybridized carbons (Fsp3) is 0.632. The Labute approximate surface area is 387 Å². The number of rotatable bonds is 44. The third-order valence-electron chi connectivity index (χ3n) is 10.4. The maximum absolute atomic E-state index is 12.8. The van der Waals surface area contributed by atoms with E-state index in [0.29, 0.717) is 12.8 Å². The zero-order chi connectivity index (χ0) is 45.8. The molecule has 0 bridgehead atoms. The summed E-state index contributed by atoms with van der Waals surface area (Å²) >= 11 is 0. The van der Waals surface area contributed by atoms with Gasteiger partial charge in [0.25, 0.3) is 0 Å². The molecule has 0 aromatic rings. The number of unbranched alkanes of at least 4 members (excludes halogenated alkanes) is 21. The van der Waals surface area contributed by atoms with Gasteiger partial charge in [0.2, 0.25) is 0 Å². The van der Waals surface area contributed by atoms with Gasteiger partial charge in [0.1, 0.15) is 13.2 Å². The van der Waals surface area contributed by atoms with Gasteiger partial charge in [-0.2, -0.15) is 0 Å². The Bertz CT molecular complexity index is 1330. The predicted molar refractivity (Wildman–Crippen MR) is 270 cm³/mol. The highest BCUT2D eigenvalue weighted by Gasteiger charge is 2.19. The zero-order valence-electron chi connectivity index (χ0n) is 40.5. The van der Waals surface area contributed by atoms with Crippen LogP contribution >= 0.6 is 0 Å². The summed E-state index contributed by atoms with van der Waals surface area (Å²) in [5, 5.41) is 0. The fourth-order valence-electron chi connectivity index (χ4n) is 6.58. The summed E-state index contributed by atoms with van der Waals surface area (Å²) in [4.78, 5) is 37.9. The lowest BCUT2D eigenvalue weighted by atomic mass is 10.1. The molecule has 0 heterocycles. The minimum Gasteiger partial charge on any atom is -0.462 e. The van der Waals surface area contributed by atoms with Crippen molar-refractivity contribution in [1.29, 1.82) is 0 Å². The second kappa shape index (κ2) is 50.7. The Morgan fingerprint density at radius 3 is 1.10 bits per heavy atom. The van der Waals surface area contributed by atoms with E-state index < -0.39 is 6.10 Å². The number of ether oxygens (including phenoxy) is 3. The van der Waals surface area contributed by atoms with Gasteiger partial charge < -0.3 is 14.2 Å². The Hall–Kier alpha value is -3.93. The van der Waals surface area contributed by atoms with Crippen molar-refractivity contribution in [3.05, 3.63) is 109 Å². The highest BCUT2D eigenvalue weighted by atomic mass is 16.6. The molecule has 0 amide bonds. The molecule has 6 nitrogen and oxygen atoms in total. The normalized spacial score (nSPS) is 13.0. The summed E-state index contributed by atoms with van der Waals surface area (Å²) in [7, 11) is 0. The van der Waals surface area contributed by atoms with Crippen LogP contribution in [0.3, 0.4) is 0 Å². The van der Waals surface area contributed by atoms with Gasteiger partial charge in [0.15, 0.2) is 6.10 Å². The molecule has 0 radical (unpaired) electrons. The second-order valence-electron chi connectivity index (χ2n) is 16.5.